The van der Waals surface area contributed by atoms with E-state index in [0.29, 0.717) is 38.9 Å². The predicted octanol–water partition coefficient (Wildman–Crippen LogP) is 5.25. The zero-order valence-corrected chi connectivity index (χ0v) is 18.6. The van der Waals surface area contributed by atoms with Gasteiger partial charge in [0, 0.05) is 10.8 Å². The zero-order chi connectivity index (χ0) is 23.8. The first-order valence-electron chi connectivity index (χ1n) is 10.2. The lowest BCUT2D eigenvalue weighted by Crippen LogP contribution is -2.15. The van der Waals surface area contributed by atoms with E-state index in [-0.39, 0.29) is 22.4 Å². The molecule has 5 rings (SSSR count). The first-order chi connectivity index (χ1) is 16.4. The number of carbonyl (C=O) groups is 1. The smallest absolute Gasteiger partial charge is 0.257 e. The van der Waals surface area contributed by atoms with Crippen molar-refractivity contribution in [1.82, 2.24) is 19.9 Å². The highest BCUT2D eigenvalue weighted by Crippen LogP contribution is 2.32. The maximum Gasteiger partial charge on any atom is 0.257 e. The summed E-state index contributed by atoms with van der Waals surface area (Å²) in [7, 11) is 0. The van der Waals surface area contributed by atoms with Crippen LogP contribution in [0.1, 0.15) is 15.9 Å². The second kappa shape index (κ2) is 8.53. The summed E-state index contributed by atoms with van der Waals surface area (Å²) < 4.78 is 14.4. The van der Waals surface area contributed by atoms with E-state index in [1.54, 1.807) is 36.4 Å². The Morgan fingerprint density at radius 3 is 2.56 bits per heavy atom. The number of carbonyl (C=O) groups excluding carboxylic acids is 1. The van der Waals surface area contributed by atoms with Crippen LogP contribution in [0.4, 0.5) is 27.4 Å². The first-order valence-corrected chi connectivity index (χ1v) is 10.6. The molecule has 168 valence electrons. The Balaban J connectivity index is 1.57. The zero-order valence-electron chi connectivity index (χ0n) is 17.8. The van der Waals surface area contributed by atoms with Crippen LogP contribution < -0.4 is 16.4 Å². The van der Waals surface area contributed by atoms with E-state index in [2.05, 4.69) is 30.6 Å². The highest BCUT2D eigenvalue weighted by molar-refractivity contribution is 6.31. The number of hydrogen-bond acceptors (Lipinski definition) is 7. The van der Waals surface area contributed by atoms with Gasteiger partial charge in [-0.25, -0.2) is 24.3 Å². The Hall–Kier alpha value is -4.37. The summed E-state index contributed by atoms with van der Waals surface area (Å²) >= 11 is 5.90. The van der Waals surface area contributed by atoms with Gasteiger partial charge in [0.05, 0.1) is 33.0 Å². The standard InChI is InChI=1S/C24H17ClFN7O/c1-12-8-9-14-21(29-11-31-23(14)32-17-7-3-6-16(25)18(17)26)19(12)33-24(34)15-5-2-4-13-20(15)28-10-30-22(13)27/h2-11H,1H3,(H,33,34)(H2,27,28,30)(H,29,31,32). The summed E-state index contributed by atoms with van der Waals surface area (Å²) in [6, 6.07) is 13.4. The molecule has 34 heavy (non-hydrogen) atoms. The molecular formula is C24H17ClFN7O. The van der Waals surface area contributed by atoms with Crippen molar-refractivity contribution >= 4 is 62.3 Å². The Kier molecular flexibility index (Phi) is 5.39. The molecule has 0 aliphatic heterocycles. The summed E-state index contributed by atoms with van der Waals surface area (Å²) in [5.41, 5.74) is 8.67. The van der Waals surface area contributed by atoms with Crippen LogP contribution in [0.5, 0.6) is 0 Å². The number of para-hydroxylation sites is 1. The number of nitrogens with two attached hydrogens (primary N) is 1. The highest BCUT2D eigenvalue weighted by Gasteiger charge is 2.18. The third-order valence-electron chi connectivity index (χ3n) is 5.40. The molecule has 3 aromatic carbocycles. The van der Waals surface area contributed by atoms with Crippen LogP contribution in [0, 0.1) is 12.7 Å². The summed E-state index contributed by atoms with van der Waals surface area (Å²) in [6.07, 6.45) is 2.66. The SMILES string of the molecule is Cc1ccc2c(Nc3cccc(Cl)c3F)ncnc2c1NC(=O)c1cccc2c(N)ncnc12. The lowest BCUT2D eigenvalue weighted by atomic mass is 10.1. The van der Waals surface area contributed by atoms with E-state index in [4.69, 9.17) is 17.3 Å². The summed E-state index contributed by atoms with van der Waals surface area (Å²) in [5, 5.41) is 7.07. The predicted molar refractivity (Wildman–Crippen MR) is 131 cm³/mol. The van der Waals surface area contributed by atoms with Gasteiger partial charge in [0.25, 0.3) is 5.91 Å². The molecule has 2 aromatic heterocycles. The van der Waals surface area contributed by atoms with E-state index in [1.807, 2.05) is 13.0 Å². The third kappa shape index (κ3) is 3.71. The molecule has 10 heteroatoms. The molecule has 0 spiro atoms. The van der Waals surface area contributed by atoms with Crippen molar-refractivity contribution in [1.29, 1.82) is 0 Å². The minimum absolute atomic E-state index is 0.00769. The number of aryl methyl sites for hydroxylation is 1. The molecule has 1 amide bonds. The summed E-state index contributed by atoms with van der Waals surface area (Å²) in [6.45, 7) is 1.85. The van der Waals surface area contributed by atoms with Crippen molar-refractivity contribution in [3.05, 3.63) is 83.2 Å². The Bertz CT molecular complexity index is 1590. The van der Waals surface area contributed by atoms with E-state index in [1.165, 1.54) is 18.7 Å². The van der Waals surface area contributed by atoms with Crippen LogP contribution in [0.15, 0.2) is 61.2 Å². The number of nitrogens with one attached hydrogen (secondary N) is 2. The van der Waals surface area contributed by atoms with Crippen LogP contribution in [0.2, 0.25) is 5.02 Å². The number of benzene rings is 3. The number of hydrogen-bond donors (Lipinski definition) is 3. The van der Waals surface area contributed by atoms with Gasteiger partial charge in [-0.15, -0.1) is 0 Å². The molecule has 0 unspecified atom stereocenters. The highest BCUT2D eigenvalue weighted by atomic mass is 35.5. The number of amides is 1. The average Bonchev–Trinajstić information content (AvgIpc) is 2.84. The monoisotopic (exact) mass is 473 g/mol. The van der Waals surface area contributed by atoms with Gasteiger partial charge in [0.1, 0.15) is 24.3 Å². The number of halogens is 2. The van der Waals surface area contributed by atoms with Gasteiger partial charge in [-0.2, -0.15) is 0 Å². The summed E-state index contributed by atoms with van der Waals surface area (Å²) in [5.74, 6) is -0.313. The van der Waals surface area contributed by atoms with Gasteiger partial charge in [-0.3, -0.25) is 4.79 Å². The molecule has 0 saturated carbocycles. The second-order valence-electron chi connectivity index (χ2n) is 7.52. The quantitative estimate of drug-likeness (QED) is 0.326. The van der Waals surface area contributed by atoms with Gasteiger partial charge in [0.2, 0.25) is 0 Å². The fraction of sp³-hybridized carbons (Fsp3) is 0.0417. The van der Waals surface area contributed by atoms with E-state index in [9.17, 15) is 9.18 Å². The van der Waals surface area contributed by atoms with Crippen molar-refractivity contribution < 1.29 is 9.18 Å². The number of nitrogens with zero attached hydrogens (tertiary/aromatic N) is 4. The first kappa shape index (κ1) is 21.5. The molecule has 5 aromatic rings. The van der Waals surface area contributed by atoms with Crippen molar-refractivity contribution in [2.24, 2.45) is 0 Å². The number of fused-ring (bicyclic) bond motifs is 2. The van der Waals surface area contributed by atoms with Crippen molar-refractivity contribution in [2.45, 2.75) is 6.92 Å². The lowest BCUT2D eigenvalue weighted by Gasteiger charge is -2.15. The number of aromatic nitrogens is 4. The van der Waals surface area contributed by atoms with E-state index < -0.39 is 5.82 Å². The molecule has 0 bridgehead atoms. The van der Waals surface area contributed by atoms with Gasteiger partial charge >= 0.3 is 0 Å². The maximum absolute atomic E-state index is 14.4. The van der Waals surface area contributed by atoms with Crippen LogP contribution in [0.3, 0.4) is 0 Å². The molecule has 4 N–H and O–H groups in total. The van der Waals surface area contributed by atoms with Crippen molar-refractivity contribution in [2.75, 3.05) is 16.4 Å². The molecule has 8 nitrogen and oxygen atoms in total. The van der Waals surface area contributed by atoms with Gasteiger partial charge in [-0.05, 0) is 42.8 Å². The minimum atomic E-state index is -0.589. The molecule has 0 saturated heterocycles. The molecular weight excluding hydrogens is 457 g/mol. The molecule has 0 aliphatic rings. The molecule has 0 fully saturated rings. The van der Waals surface area contributed by atoms with Crippen molar-refractivity contribution in [3.8, 4) is 0 Å². The fourth-order valence-electron chi connectivity index (χ4n) is 3.69. The normalized spacial score (nSPS) is 11.0. The van der Waals surface area contributed by atoms with Crippen molar-refractivity contribution in [3.63, 3.8) is 0 Å². The number of rotatable bonds is 4. The molecule has 0 aliphatic carbocycles. The maximum atomic E-state index is 14.4. The number of nitrogen functional groups attached to an aromatic ring is 1. The van der Waals surface area contributed by atoms with Crippen LogP contribution in [-0.2, 0) is 0 Å². The van der Waals surface area contributed by atoms with Crippen LogP contribution in [-0.4, -0.2) is 25.8 Å². The number of anilines is 4. The second-order valence-corrected chi connectivity index (χ2v) is 7.92. The van der Waals surface area contributed by atoms with E-state index in [0.717, 1.165) is 5.56 Å². The van der Waals surface area contributed by atoms with E-state index >= 15 is 0 Å². The summed E-state index contributed by atoms with van der Waals surface area (Å²) in [4.78, 5) is 30.1. The van der Waals surface area contributed by atoms with Gasteiger partial charge < -0.3 is 16.4 Å². The van der Waals surface area contributed by atoms with Gasteiger partial charge in [-0.1, -0.05) is 29.8 Å². The van der Waals surface area contributed by atoms with Gasteiger partial charge in [0.15, 0.2) is 5.82 Å². The topological polar surface area (TPSA) is 119 Å². The molecule has 0 atom stereocenters. The molecule has 0 radical (unpaired) electrons. The third-order valence-corrected chi connectivity index (χ3v) is 5.69. The largest absolute Gasteiger partial charge is 0.383 e. The fourth-order valence-corrected chi connectivity index (χ4v) is 3.86. The Morgan fingerprint density at radius 1 is 0.941 bits per heavy atom. The Labute approximate surface area is 198 Å². The molecule has 2 heterocycles. The van der Waals surface area contributed by atoms with Crippen LogP contribution in [0.25, 0.3) is 21.8 Å². The average molecular weight is 474 g/mol. The van der Waals surface area contributed by atoms with Crippen LogP contribution >= 0.6 is 11.6 Å². The minimum Gasteiger partial charge on any atom is -0.383 e. The lowest BCUT2D eigenvalue weighted by molar-refractivity contribution is 0.102. The Morgan fingerprint density at radius 2 is 1.71 bits per heavy atom.